The average molecular weight is 510 g/mol. The highest BCUT2D eigenvalue weighted by atomic mass is 35.5. The van der Waals surface area contributed by atoms with Crippen molar-refractivity contribution in [2.45, 2.75) is 56.0 Å². The summed E-state index contributed by atoms with van der Waals surface area (Å²) in [6.07, 6.45) is 7.28. The monoisotopic (exact) mass is 509 g/mol. The number of carbonyl (C=O) groups is 1. The summed E-state index contributed by atoms with van der Waals surface area (Å²) in [6.45, 7) is 2.23. The van der Waals surface area contributed by atoms with Crippen molar-refractivity contribution < 1.29 is 4.79 Å². The predicted octanol–water partition coefficient (Wildman–Crippen LogP) is 5.21. The predicted molar refractivity (Wildman–Crippen MR) is 138 cm³/mol. The number of rotatable bonds is 7. The van der Waals surface area contributed by atoms with Gasteiger partial charge in [0, 0.05) is 40.8 Å². The fourth-order valence-electron chi connectivity index (χ4n) is 5.78. The minimum atomic E-state index is -0.291. The number of hydrogen-bond acceptors (Lipinski definition) is 4. The van der Waals surface area contributed by atoms with E-state index in [0.717, 1.165) is 60.1 Å². The van der Waals surface area contributed by atoms with Crippen molar-refractivity contribution in [1.29, 1.82) is 0 Å². The Morgan fingerprint density at radius 2 is 2.03 bits per heavy atom. The quantitative estimate of drug-likeness (QED) is 0.444. The number of aromatic nitrogens is 3. The van der Waals surface area contributed by atoms with Crippen LogP contribution in [-0.2, 0) is 25.6 Å². The largest absolute Gasteiger partial charge is 0.320 e. The molecule has 3 aliphatic rings. The van der Waals surface area contributed by atoms with Crippen LogP contribution in [0.2, 0.25) is 5.02 Å². The molecule has 0 bridgehead atoms. The van der Waals surface area contributed by atoms with Gasteiger partial charge in [0.15, 0.2) is 0 Å². The summed E-state index contributed by atoms with van der Waals surface area (Å²) < 4.78 is 1.96. The zero-order chi connectivity index (χ0) is 24.2. The van der Waals surface area contributed by atoms with Crippen LogP contribution in [0.25, 0.3) is 0 Å². The van der Waals surface area contributed by atoms with E-state index in [1.54, 1.807) is 6.33 Å². The SMILES string of the molecule is Cn1cnnc1C1(c2cccc(N3Cc4c(Cl)cc(CNCC5CCC5)cc4C3=O)c2)CC(Cl)C1. The van der Waals surface area contributed by atoms with Gasteiger partial charge < -0.3 is 14.8 Å². The van der Waals surface area contributed by atoms with Crippen molar-refractivity contribution >= 4 is 34.8 Å². The highest BCUT2D eigenvalue weighted by molar-refractivity contribution is 6.32. The lowest BCUT2D eigenvalue weighted by molar-refractivity contribution is 0.0996. The maximum Gasteiger partial charge on any atom is 0.258 e. The van der Waals surface area contributed by atoms with E-state index in [2.05, 4.69) is 27.6 Å². The van der Waals surface area contributed by atoms with Crippen molar-refractivity contribution in [1.82, 2.24) is 20.1 Å². The van der Waals surface area contributed by atoms with Gasteiger partial charge in [0.05, 0.1) is 12.0 Å². The molecule has 1 amide bonds. The Morgan fingerprint density at radius 1 is 1.20 bits per heavy atom. The number of anilines is 1. The van der Waals surface area contributed by atoms with Crippen LogP contribution >= 0.6 is 23.2 Å². The van der Waals surface area contributed by atoms with Crippen LogP contribution in [0.15, 0.2) is 42.7 Å². The van der Waals surface area contributed by atoms with E-state index in [0.29, 0.717) is 17.1 Å². The van der Waals surface area contributed by atoms with Crippen LogP contribution in [0.5, 0.6) is 0 Å². The first-order valence-corrected chi connectivity index (χ1v) is 13.2. The number of hydrogen-bond donors (Lipinski definition) is 1. The summed E-state index contributed by atoms with van der Waals surface area (Å²) in [6, 6.07) is 12.2. The third-order valence-corrected chi connectivity index (χ3v) is 8.67. The van der Waals surface area contributed by atoms with E-state index in [1.807, 2.05) is 40.8 Å². The van der Waals surface area contributed by atoms with Gasteiger partial charge in [-0.3, -0.25) is 4.79 Å². The Morgan fingerprint density at radius 3 is 2.71 bits per heavy atom. The molecule has 2 aliphatic carbocycles. The smallest absolute Gasteiger partial charge is 0.258 e. The molecule has 0 unspecified atom stereocenters. The van der Waals surface area contributed by atoms with Crippen LogP contribution in [0, 0.1) is 5.92 Å². The molecule has 182 valence electrons. The van der Waals surface area contributed by atoms with E-state index in [1.165, 1.54) is 19.3 Å². The van der Waals surface area contributed by atoms with Crippen LogP contribution in [0.1, 0.15) is 65.0 Å². The van der Waals surface area contributed by atoms with Crippen molar-refractivity contribution in [3.8, 4) is 0 Å². The molecule has 0 atom stereocenters. The highest BCUT2D eigenvalue weighted by Gasteiger charge is 2.49. The maximum absolute atomic E-state index is 13.5. The first-order chi connectivity index (χ1) is 16.9. The molecule has 8 heteroatoms. The van der Waals surface area contributed by atoms with Gasteiger partial charge in [0.25, 0.3) is 5.91 Å². The summed E-state index contributed by atoms with van der Waals surface area (Å²) in [5.41, 5.74) is 4.34. The summed E-state index contributed by atoms with van der Waals surface area (Å²) in [7, 11) is 1.96. The van der Waals surface area contributed by atoms with Gasteiger partial charge in [-0.05, 0) is 73.5 Å². The first kappa shape index (κ1) is 23.0. The number of fused-ring (bicyclic) bond motifs is 1. The zero-order valence-corrected chi connectivity index (χ0v) is 21.3. The Labute approximate surface area is 215 Å². The molecule has 0 radical (unpaired) electrons. The molecule has 2 fully saturated rings. The summed E-state index contributed by atoms with van der Waals surface area (Å²) in [5.74, 6) is 1.69. The van der Waals surface area contributed by atoms with Gasteiger partial charge >= 0.3 is 0 Å². The van der Waals surface area contributed by atoms with Gasteiger partial charge in [-0.25, -0.2) is 0 Å². The van der Waals surface area contributed by atoms with Crippen molar-refractivity contribution in [2.75, 3.05) is 11.4 Å². The third-order valence-electron chi connectivity index (χ3n) is 8.02. The second kappa shape index (κ2) is 8.91. The molecular formula is C27H29Cl2N5O. The fraction of sp³-hybridized carbons (Fsp3) is 0.444. The molecule has 0 spiro atoms. The Balaban J connectivity index is 1.26. The van der Waals surface area contributed by atoms with Crippen molar-refractivity contribution in [3.63, 3.8) is 0 Å². The number of alkyl halides is 1. The topological polar surface area (TPSA) is 63.1 Å². The first-order valence-electron chi connectivity index (χ1n) is 12.4. The minimum absolute atomic E-state index is 0.00331. The molecule has 3 aromatic rings. The lowest BCUT2D eigenvalue weighted by Gasteiger charge is -2.44. The Bertz CT molecular complexity index is 1280. The van der Waals surface area contributed by atoms with Crippen LogP contribution in [0.4, 0.5) is 5.69 Å². The number of aryl methyl sites for hydroxylation is 1. The lowest BCUT2D eigenvalue weighted by atomic mass is 9.63. The average Bonchev–Trinajstić information content (AvgIpc) is 3.37. The van der Waals surface area contributed by atoms with Gasteiger partial charge in [-0.1, -0.05) is 30.2 Å². The normalized spacial score (nSPS) is 23.8. The van der Waals surface area contributed by atoms with Crippen LogP contribution < -0.4 is 10.2 Å². The van der Waals surface area contributed by atoms with Gasteiger partial charge in [-0.2, -0.15) is 0 Å². The van der Waals surface area contributed by atoms with Gasteiger partial charge in [-0.15, -0.1) is 21.8 Å². The lowest BCUT2D eigenvalue weighted by Crippen LogP contribution is -2.45. The Hall–Kier alpha value is -2.41. The van der Waals surface area contributed by atoms with Crippen molar-refractivity contribution in [2.24, 2.45) is 13.0 Å². The number of nitrogens with one attached hydrogen (secondary N) is 1. The number of benzene rings is 2. The number of amides is 1. The molecule has 1 aliphatic heterocycles. The minimum Gasteiger partial charge on any atom is -0.320 e. The molecule has 0 saturated heterocycles. The summed E-state index contributed by atoms with van der Waals surface area (Å²) >= 11 is 13.1. The van der Waals surface area contributed by atoms with E-state index in [9.17, 15) is 4.79 Å². The molecule has 1 aromatic heterocycles. The van der Waals surface area contributed by atoms with Crippen molar-refractivity contribution in [3.05, 3.63) is 75.8 Å². The van der Waals surface area contributed by atoms with Gasteiger partial charge in [0.2, 0.25) is 0 Å². The number of nitrogens with zero attached hydrogens (tertiary/aromatic N) is 4. The molecular weight excluding hydrogens is 481 g/mol. The van der Waals surface area contributed by atoms with E-state index < -0.39 is 0 Å². The van der Waals surface area contributed by atoms with Crippen LogP contribution in [0.3, 0.4) is 0 Å². The fourth-order valence-corrected chi connectivity index (χ4v) is 6.61. The molecule has 1 N–H and O–H groups in total. The third kappa shape index (κ3) is 3.96. The summed E-state index contributed by atoms with van der Waals surface area (Å²) in [5, 5.41) is 12.8. The molecule has 35 heavy (non-hydrogen) atoms. The summed E-state index contributed by atoms with van der Waals surface area (Å²) in [4.78, 5) is 15.3. The van der Waals surface area contributed by atoms with Gasteiger partial charge in [0.1, 0.15) is 12.2 Å². The van der Waals surface area contributed by atoms with E-state index in [-0.39, 0.29) is 16.7 Å². The standard InChI is InChI=1S/C27H29Cl2N5O/c1-33-16-31-32-26(33)27(11-20(28)12-27)19-6-3-7-21(10-19)34-15-23-22(25(34)35)8-18(9-24(23)29)14-30-13-17-4-2-5-17/h3,6-10,16-17,20,30H,2,4-5,11-15H2,1H3. The second-order valence-electron chi connectivity index (χ2n) is 10.3. The molecule has 6 rings (SSSR count). The number of carbonyl (C=O) groups excluding carboxylic acids is 1. The van der Waals surface area contributed by atoms with E-state index >= 15 is 0 Å². The molecule has 2 aromatic carbocycles. The molecule has 2 saturated carbocycles. The molecule has 2 heterocycles. The Kier molecular flexibility index (Phi) is 5.86. The number of halogens is 2. The zero-order valence-electron chi connectivity index (χ0n) is 19.8. The molecule has 6 nitrogen and oxygen atoms in total. The van der Waals surface area contributed by atoms with Crippen LogP contribution in [-0.4, -0.2) is 32.6 Å². The second-order valence-corrected chi connectivity index (χ2v) is 11.4. The van der Waals surface area contributed by atoms with E-state index in [4.69, 9.17) is 23.2 Å². The maximum atomic E-state index is 13.5. The highest BCUT2D eigenvalue weighted by Crippen LogP contribution is 2.51.